The Balaban J connectivity index is 1.11. The molecule has 0 saturated carbocycles. The zero-order valence-electron chi connectivity index (χ0n) is 26.5. The first-order valence-corrected chi connectivity index (χ1v) is 16.9. The van der Waals surface area contributed by atoms with Gasteiger partial charge in [-0.3, -0.25) is 0 Å². The Labute approximate surface area is 276 Å². The van der Waals surface area contributed by atoms with Gasteiger partial charge < -0.3 is 14.4 Å². The number of nitrogens with zero attached hydrogens (tertiary/aromatic N) is 3. The van der Waals surface area contributed by atoms with Gasteiger partial charge in [-0.25, -0.2) is 0 Å². The molecular weight excluding hydrogens is 571 g/mol. The van der Waals surface area contributed by atoms with Crippen LogP contribution in [0.4, 0.5) is 28.4 Å². The summed E-state index contributed by atoms with van der Waals surface area (Å²) in [6, 6.07) is 36.0. The average molecular weight is 608 g/mol. The molecule has 2 heterocycles. The highest BCUT2D eigenvalue weighted by Crippen LogP contribution is 2.47. The van der Waals surface area contributed by atoms with Gasteiger partial charge in [0.1, 0.15) is 0 Å². The van der Waals surface area contributed by atoms with Gasteiger partial charge >= 0.3 is 0 Å². The smallest absolute Gasteiger partial charge is 0.0632 e. The van der Waals surface area contributed by atoms with Crippen LogP contribution in [0.2, 0.25) is 0 Å². The van der Waals surface area contributed by atoms with Gasteiger partial charge in [-0.1, -0.05) is 79.4 Å². The first-order chi connectivity index (χ1) is 23.3. The van der Waals surface area contributed by atoms with Crippen molar-refractivity contribution in [2.24, 2.45) is 0 Å². The van der Waals surface area contributed by atoms with Crippen molar-refractivity contribution in [1.29, 1.82) is 0 Å². The summed E-state index contributed by atoms with van der Waals surface area (Å²) in [6.45, 7) is 3.97. The minimum Gasteiger partial charge on any atom is -0.333 e. The highest BCUT2D eigenvalue weighted by molar-refractivity contribution is 5.93. The Morgan fingerprint density at radius 2 is 1.43 bits per heavy atom. The molecule has 0 radical (unpaired) electrons. The van der Waals surface area contributed by atoms with Gasteiger partial charge in [-0.15, -0.1) is 0 Å². The molecule has 4 aliphatic rings. The summed E-state index contributed by atoms with van der Waals surface area (Å²) in [7, 11) is 0. The van der Waals surface area contributed by atoms with Gasteiger partial charge in [-0.05, 0) is 127 Å². The van der Waals surface area contributed by atoms with Gasteiger partial charge in [0.15, 0.2) is 0 Å². The topological polar surface area (TPSA) is 11.4 Å². The van der Waals surface area contributed by atoms with Crippen LogP contribution in [-0.4, -0.2) is 10.6 Å². The number of aromatic nitrogens is 1. The Kier molecular flexibility index (Phi) is 6.71. The number of fused-ring (bicyclic) bond motifs is 6. The lowest BCUT2D eigenvalue weighted by atomic mass is 9.96. The first kappa shape index (κ1) is 27.7. The number of rotatable bonds is 6. The number of para-hydroxylation sites is 1. The summed E-state index contributed by atoms with van der Waals surface area (Å²) < 4.78 is 2.47. The van der Waals surface area contributed by atoms with Crippen LogP contribution in [0.3, 0.4) is 0 Å². The molecule has 0 bridgehead atoms. The predicted octanol–water partition coefficient (Wildman–Crippen LogP) is 9.77. The average Bonchev–Trinajstić information content (AvgIpc) is 3.66. The van der Waals surface area contributed by atoms with Gasteiger partial charge in [-0.2, -0.15) is 0 Å². The molecule has 1 unspecified atom stereocenters. The standard InChI is InChI=1S/C44H37N3/c1-2-31-19-21-32(22-20-31)45(33-23-27-35(28-24-33)46-41-15-7-3-11-37(41)38-12-4-8-16-42(38)46)34-25-29-36(30-26-34)47-43-17-9-5-13-39(43)40-14-6-10-18-44(40)47/h2-4,7-9,11-12,14-15,17-30,42H,1,5-6,10,13,16H2. The van der Waals surface area contributed by atoms with Crippen LogP contribution in [0.1, 0.15) is 48.1 Å². The van der Waals surface area contributed by atoms with Crippen molar-refractivity contribution in [1.82, 2.24) is 4.57 Å². The molecule has 3 nitrogen and oxygen atoms in total. The van der Waals surface area contributed by atoms with Crippen molar-refractivity contribution in [3.63, 3.8) is 0 Å². The number of hydrogen-bond donors (Lipinski definition) is 0. The first-order valence-electron chi connectivity index (χ1n) is 16.9. The van der Waals surface area contributed by atoms with Crippen LogP contribution in [0.15, 0.2) is 128 Å². The fourth-order valence-electron chi connectivity index (χ4n) is 7.96. The lowest BCUT2D eigenvalue weighted by molar-refractivity contribution is 0.829. The molecule has 3 aliphatic carbocycles. The quantitative estimate of drug-likeness (QED) is 0.190. The van der Waals surface area contributed by atoms with Crippen LogP contribution in [-0.2, 0) is 6.42 Å². The molecule has 228 valence electrons. The largest absolute Gasteiger partial charge is 0.333 e. The summed E-state index contributed by atoms with van der Waals surface area (Å²) >= 11 is 0. The summed E-state index contributed by atoms with van der Waals surface area (Å²) in [5, 5.41) is 2.79. The van der Waals surface area contributed by atoms with Gasteiger partial charge in [0.25, 0.3) is 0 Å². The normalized spacial score (nSPS) is 17.1. The van der Waals surface area contributed by atoms with E-state index in [1.54, 1.807) is 0 Å². The maximum atomic E-state index is 3.97. The van der Waals surface area contributed by atoms with E-state index in [9.17, 15) is 0 Å². The summed E-state index contributed by atoms with van der Waals surface area (Å²) in [5.74, 6) is 0. The molecule has 4 aromatic carbocycles. The van der Waals surface area contributed by atoms with E-state index >= 15 is 0 Å². The third-order valence-corrected chi connectivity index (χ3v) is 10.1. The van der Waals surface area contributed by atoms with E-state index in [-0.39, 0.29) is 0 Å². The predicted molar refractivity (Wildman–Crippen MR) is 199 cm³/mol. The highest BCUT2D eigenvalue weighted by atomic mass is 15.2. The van der Waals surface area contributed by atoms with Crippen molar-refractivity contribution in [2.75, 3.05) is 9.80 Å². The lowest BCUT2D eigenvalue weighted by Gasteiger charge is -2.30. The van der Waals surface area contributed by atoms with Crippen molar-refractivity contribution in [3.8, 4) is 5.69 Å². The Hall–Kier alpha value is -5.54. The fraction of sp³-hybridized carbons (Fsp3) is 0.136. The summed E-state index contributed by atoms with van der Waals surface area (Å²) in [6.07, 6.45) is 23.6. The molecule has 1 aliphatic heterocycles. The van der Waals surface area contributed by atoms with E-state index in [0.29, 0.717) is 6.04 Å². The van der Waals surface area contributed by atoms with Crippen molar-refractivity contribution >= 4 is 58.3 Å². The van der Waals surface area contributed by atoms with E-state index < -0.39 is 0 Å². The molecule has 1 atom stereocenters. The van der Waals surface area contributed by atoms with E-state index in [0.717, 1.165) is 54.7 Å². The van der Waals surface area contributed by atoms with Crippen molar-refractivity contribution in [2.45, 2.75) is 38.1 Å². The molecule has 9 rings (SSSR count). The second-order valence-electron chi connectivity index (χ2n) is 12.8. The zero-order chi connectivity index (χ0) is 31.3. The van der Waals surface area contributed by atoms with Crippen LogP contribution < -0.4 is 20.4 Å². The maximum absolute atomic E-state index is 3.97. The number of hydrogen-bond acceptors (Lipinski definition) is 2. The third-order valence-electron chi connectivity index (χ3n) is 10.1. The van der Waals surface area contributed by atoms with Gasteiger partial charge in [0, 0.05) is 50.7 Å². The zero-order valence-corrected chi connectivity index (χ0v) is 26.5. The van der Waals surface area contributed by atoms with Crippen LogP contribution in [0.25, 0.3) is 35.6 Å². The Morgan fingerprint density at radius 1 is 0.723 bits per heavy atom. The minimum absolute atomic E-state index is 0.327. The highest BCUT2D eigenvalue weighted by Gasteiger charge is 2.34. The molecule has 0 saturated heterocycles. The second kappa shape index (κ2) is 11.4. The van der Waals surface area contributed by atoms with E-state index in [1.165, 1.54) is 50.0 Å². The number of anilines is 5. The van der Waals surface area contributed by atoms with Gasteiger partial charge in [0.2, 0.25) is 0 Å². The Bertz CT molecular complexity index is 2230. The van der Waals surface area contributed by atoms with Crippen molar-refractivity contribution in [3.05, 3.63) is 161 Å². The monoisotopic (exact) mass is 607 g/mol. The molecule has 0 fully saturated rings. The van der Waals surface area contributed by atoms with Crippen LogP contribution >= 0.6 is 0 Å². The molecule has 3 heteroatoms. The molecule has 0 N–H and O–H groups in total. The van der Waals surface area contributed by atoms with E-state index in [4.69, 9.17) is 0 Å². The fourth-order valence-corrected chi connectivity index (χ4v) is 7.96. The molecule has 1 aromatic heterocycles. The molecular formula is C44H37N3. The van der Waals surface area contributed by atoms with Crippen molar-refractivity contribution < 1.29 is 0 Å². The number of allylic oxidation sites excluding steroid dienone is 3. The molecule has 0 amide bonds. The second-order valence-corrected chi connectivity index (χ2v) is 12.8. The lowest BCUT2D eigenvalue weighted by Crippen LogP contribution is -2.31. The Morgan fingerprint density at radius 3 is 2.19 bits per heavy atom. The summed E-state index contributed by atoms with van der Waals surface area (Å²) in [5.41, 5.74) is 13.8. The van der Waals surface area contributed by atoms with E-state index in [1.807, 2.05) is 6.08 Å². The van der Waals surface area contributed by atoms with Crippen LogP contribution in [0, 0.1) is 0 Å². The van der Waals surface area contributed by atoms with Crippen LogP contribution in [0.5, 0.6) is 0 Å². The van der Waals surface area contributed by atoms with E-state index in [2.05, 4.69) is 161 Å². The molecule has 5 aromatic rings. The third kappa shape index (κ3) is 4.57. The van der Waals surface area contributed by atoms with Gasteiger partial charge in [0.05, 0.1) is 6.04 Å². The number of benzene rings is 4. The summed E-state index contributed by atoms with van der Waals surface area (Å²) in [4.78, 5) is 4.86. The molecule has 47 heavy (non-hydrogen) atoms. The SMILES string of the molecule is C=Cc1ccc(N(c2ccc(N3c4ccccc4C4=CC=CCC43)cc2)c2ccc(-n3c4c(c5c3=CCCC=5)CCC=C4)cc2)cc1. The molecule has 0 spiro atoms. The maximum Gasteiger partial charge on any atom is 0.0632 e. The minimum atomic E-state index is 0.327.